The van der Waals surface area contributed by atoms with E-state index in [0.29, 0.717) is 19.8 Å². The van der Waals surface area contributed by atoms with Crippen LogP contribution in [0.3, 0.4) is 0 Å². The smallest absolute Gasteiger partial charge is 0.236 e. The molecule has 1 aromatic carbocycles. The molecule has 2 saturated heterocycles. The molecule has 0 spiro atoms. The lowest BCUT2D eigenvalue weighted by atomic mass is 10.0. The van der Waals surface area contributed by atoms with Gasteiger partial charge in [0.1, 0.15) is 5.01 Å². The number of fused-ring (bicyclic) bond motifs is 1. The Morgan fingerprint density at radius 2 is 2.04 bits per heavy atom. The highest BCUT2D eigenvalue weighted by Gasteiger charge is 2.29. The second kappa shape index (κ2) is 7.17. The quantitative estimate of drug-likeness (QED) is 0.858. The molecule has 128 valence electrons. The number of rotatable bonds is 3. The van der Waals surface area contributed by atoms with Crippen LogP contribution in [-0.4, -0.2) is 60.1 Å². The van der Waals surface area contributed by atoms with Gasteiger partial charge in [-0.3, -0.25) is 9.69 Å². The summed E-state index contributed by atoms with van der Waals surface area (Å²) in [6, 6.07) is 8.57. The van der Waals surface area contributed by atoms with Crippen LogP contribution in [0.5, 0.6) is 0 Å². The average molecular weight is 345 g/mol. The van der Waals surface area contributed by atoms with Crippen molar-refractivity contribution in [2.24, 2.45) is 0 Å². The lowest BCUT2D eigenvalue weighted by Gasteiger charge is -2.36. The molecule has 0 N–H and O–H groups in total. The van der Waals surface area contributed by atoms with Gasteiger partial charge >= 0.3 is 0 Å². The van der Waals surface area contributed by atoms with E-state index in [4.69, 9.17) is 9.72 Å². The number of amides is 1. The van der Waals surface area contributed by atoms with Gasteiger partial charge in [-0.05, 0) is 31.5 Å². The largest absolute Gasteiger partial charge is 0.378 e. The van der Waals surface area contributed by atoms with Gasteiger partial charge in [-0.2, -0.15) is 0 Å². The normalized spacial score (nSPS) is 22.8. The Labute approximate surface area is 146 Å². The Balaban J connectivity index is 1.51. The molecule has 0 aliphatic carbocycles. The molecule has 5 nitrogen and oxygen atoms in total. The number of nitrogens with zero attached hydrogens (tertiary/aromatic N) is 3. The molecule has 4 rings (SSSR count). The Hall–Kier alpha value is -1.50. The highest BCUT2D eigenvalue weighted by Crippen LogP contribution is 2.35. The number of benzene rings is 1. The van der Waals surface area contributed by atoms with E-state index in [9.17, 15) is 4.79 Å². The molecule has 0 bridgehead atoms. The van der Waals surface area contributed by atoms with E-state index in [0.717, 1.165) is 43.0 Å². The van der Waals surface area contributed by atoms with E-state index in [1.54, 1.807) is 11.3 Å². The molecule has 2 aliphatic rings. The fraction of sp³-hybridized carbons (Fsp3) is 0.556. The monoisotopic (exact) mass is 345 g/mol. The summed E-state index contributed by atoms with van der Waals surface area (Å²) in [6.45, 7) is 4.24. The molecular formula is C18H23N3O2S. The number of thiazole rings is 1. The van der Waals surface area contributed by atoms with Crippen LogP contribution >= 0.6 is 11.3 Å². The Morgan fingerprint density at radius 1 is 1.21 bits per heavy atom. The highest BCUT2D eigenvalue weighted by atomic mass is 32.1. The third kappa shape index (κ3) is 3.31. The minimum absolute atomic E-state index is 0.228. The summed E-state index contributed by atoms with van der Waals surface area (Å²) in [4.78, 5) is 21.7. The van der Waals surface area contributed by atoms with Gasteiger partial charge in [0.15, 0.2) is 0 Å². The summed E-state index contributed by atoms with van der Waals surface area (Å²) >= 11 is 1.77. The molecule has 24 heavy (non-hydrogen) atoms. The first-order chi connectivity index (χ1) is 11.8. The number of hydrogen-bond donors (Lipinski definition) is 0. The zero-order chi connectivity index (χ0) is 16.4. The van der Waals surface area contributed by atoms with Crippen molar-refractivity contribution in [2.75, 3.05) is 39.4 Å². The molecule has 2 aliphatic heterocycles. The van der Waals surface area contributed by atoms with Gasteiger partial charge < -0.3 is 9.64 Å². The molecule has 0 radical (unpaired) electrons. The van der Waals surface area contributed by atoms with E-state index in [-0.39, 0.29) is 11.9 Å². The molecule has 3 heterocycles. The second-order valence-electron chi connectivity index (χ2n) is 6.50. The van der Waals surface area contributed by atoms with Gasteiger partial charge in [-0.25, -0.2) is 4.98 Å². The highest BCUT2D eigenvalue weighted by molar-refractivity contribution is 7.18. The maximum absolute atomic E-state index is 12.6. The lowest BCUT2D eigenvalue weighted by Crippen LogP contribution is -2.47. The number of carbonyl (C=O) groups is 1. The predicted octanol–water partition coefficient (Wildman–Crippen LogP) is 2.68. The van der Waals surface area contributed by atoms with Crippen LogP contribution in [0.25, 0.3) is 10.2 Å². The van der Waals surface area contributed by atoms with E-state index in [2.05, 4.69) is 23.1 Å². The number of ether oxygens (including phenoxy) is 1. The Morgan fingerprint density at radius 3 is 2.88 bits per heavy atom. The summed E-state index contributed by atoms with van der Waals surface area (Å²) in [6.07, 6.45) is 3.47. The number of hydrogen-bond acceptors (Lipinski definition) is 5. The first kappa shape index (κ1) is 16.0. The molecular weight excluding hydrogens is 322 g/mol. The van der Waals surface area contributed by atoms with Gasteiger partial charge in [0.05, 0.1) is 36.0 Å². The molecule has 2 aromatic rings. The summed E-state index contributed by atoms with van der Waals surface area (Å²) in [7, 11) is 0. The van der Waals surface area contributed by atoms with Gasteiger partial charge in [-0.1, -0.05) is 18.6 Å². The number of carbonyl (C=O) groups excluding carboxylic acids is 1. The molecule has 1 atom stereocenters. The molecule has 1 aromatic heterocycles. The summed E-state index contributed by atoms with van der Waals surface area (Å²) in [5, 5.41) is 1.16. The van der Waals surface area contributed by atoms with Crippen molar-refractivity contribution >= 4 is 27.5 Å². The van der Waals surface area contributed by atoms with Gasteiger partial charge in [0, 0.05) is 13.1 Å². The van der Waals surface area contributed by atoms with E-state index >= 15 is 0 Å². The van der Waals surface area contributed by atoms with Crippen molar-refractivity contribution in [1.82, 2.24) is 14.8 Å². The number of piperidine rings is 1. The van der Waals surface area contributed by atoms with Crippen molar-refractivity contribution in [3.8, 4) is 0 Å². The van der Waals surface area contributed by atoms with Gasteiger partial charge in [-0.15, -0.1) is 11.3 Å². The molecule has 1 amide bonds. The van der Waals surface area contributed by atoms with Crippen molar-refractivity contribution in [1.29, 1.82) is 0 Å². The average Bonchev–Trinajstić information content (AvgIpc) is 3.07. The molecule has 2 fully saturated rings. The van der Waals surface area contributed by atoms with Gasteiger partial charge in [0.2, 0.25) is 5.91 Å². The number of para-hydroxylation sites is 1. The maximum Gasteiger partial charge on any atom is 0.236 e. The third-order valence-electron chi connectivity index (χ3n) is 4.91. The summed E-state index contributed by atoms with van der Waals surface area (Å²) in [5.74, 6) is 0.228. The second-order valence-corrected chi connectivity index (χ2v) is 7.56. The minimum atomic E-state index is 0.228. The zero-order valence-corrected chi connectivity index (χ0v) is 14.6. The van der Waals surface area contributed by atoms with Crippen LogP contribution in [0.1, 0.15) is 30.3 Å². The molecule has 0 saturated carbocycles. The van der Waals surface area contributed by atoms with Crippen LogP contribution in [0.4, 0.5) is 0 Å². The Bertz CT molecular complexity index is 678. The SMILES string of the molecule is O=C(CN1CCCCC1c1nc2ccccc2s1)N1CCOCC1. The lowest BCUT2D eigenvalue weighted by molar-refractivity contribution is -0.137. The standard InChI is InChI=1S/C18H23N3O2S/c22-17(20-9-11-23-12-10-20)13-21-8-4-3-6-15(21)18-19-14-5-1-2-7-16(14)24-18/h1-2,5,7,15H,3-4,6,8-13H2. The van der Waals surface area contributed by atoms with E-state index in [1.807, 2.05) is 11.0 Å². The van der Waals surface area contributed by atoms with Crippen molar-refractivity contribution < 1.29 is 9.53 Å². The van der Waals surface area contributed by atoms with Crippen LogP contribution < -0.4 is 0 Å². The molecule has 6 heteroatoms. The Kier molecular flexibility index (Phi) is 4.78. The van der Waals surface area contributed by atoms with Crippen molar-refractivity contribution in [3.63, 3.8) is 0 Å². The van der Waals surface area contributed by atoms with Crippen LogP contribution in [-0.2, 0) is 9.53 Å². The van der Waals surface area contributed by atoms with Crippen molar-refractivity contribution in [2.45, 2.75) is 25.3 Å². The summed E-state index contributed by atoms with van der Waals surface area (Å²) < 4.78 is 6.58. The van der Waals surface area contributed by atoms with Crippen LogP contribution in [0.15, 0.2) is 24.3 Å². The minimum Gasteiger partial charge on any atom is -0.378 e. The molecule has 1 unspecified atom stereocenters. The first-order valence-corrected chi connectivity index (χ1v) is 9.58. The number of morpholine rings is 1. The topological polar surface area (TPSA) is 45.7 Å². The number of aromatic nitrogens is 1. The fourth-order valence-electron chi connectivity index (χ4n) is 3.58. The van der Waals surface area contributed by atoms with Crippen molar-refractivity contribution in [3.05, 3.63) is 29.3 Å². The predicted molar refractivity (Wildman–Crippen MR) is 95.2 cm³/mol. The van der Waals surface area contributed by atoms with E-state index < -0.39 is 0 Å². The van der Waals surface area contributed by atoms with Crippen LogP contribution in [0.2, 0.25) is 0 Å². The van der Waals surface area contributed by atoms with Gasteiger partial charge in [0.25, 0.3) is 0 Å². The van der Waals surface area contributed by atoms with E-state index in [1.165, 1.54) is 11.1 Å². The first-order valence-electron chi connectivity index (χ1n) is 8.76. The maximum atomic E-state index is 12.6. The third-order valence-corrected chi connectivity index (χ3v) is 6.05. The zero-order valence-electron chi connectivity index (χ0n) is 13.8. The summed E-state index contributed by atoms with van der Waals surface area (Å²) in [5.41, 5.74) is 1.07. The van der Waals surface area contributed by atoms with Crippen LogP contribution in [0, 0.1) is 0 Å². The number of likely N-dealkylation sites (tertiary alicyclic amines) is 1. The fourth-order valence-corrected chi connectivity index (χ4v) is 4.72.